The second-order valence-electron chi connectivity index (χ2n) is 37.9. The van der Waals surface area contributed by atoms with Gasteiger partial charge >= 0.3 is 0 Å². The van der Waals surface area contributed by atoms with E-state index in [1.165, 1.54) is 22.7 Å². The van der Waals surface area contributed by atoms with E-state index < -0.39 is 6.61 Å². The Morgan fingerprint density at radius 2 is 0.807 bits per heavy atom. The van der Waals surface area contributed by atoms with Crippen molar-refractivity contribution in [3.63, 3.8) is 0 Å². The lowest BCUT2D eigenvalue weighted by Crippen LogP contribution is -2.44. The predicted molar refractivity (Wildman–Crippen MR) is 564 cm³/mol. The number of rotatable bonds is 21. The number of hydrogen-bond donors (Lipinski definition) is 6. The summed E-state index contributed by atoms with van der Waals surface area (Å²) in [6, 6.07) is 91.8. The number of nitrogens with one attached hydrogen (secondary N) is 5. The number of nitrogens with zero attached hydrogens (tertiary/aromatic N) is 12. The lowest BCUT2D eigenvalue weighted by Gasteiger charge is -2.37. The number of carbonyl (C=O) groups is 2. The number of carbonyl (C=O) groups excluding carboxylic acids is 2. The van der Waals surface area contributed by atoms with Gasteiger partial charge in [0.15, 0.2) is 0 Å². The van der Waals surface area contributed by atoms with Crippen LogP contribution < -0.4 is 44.0 Å². The van der Waals surface area contributed by atoms with Crippen LogP contribution in [-0.2, 0) is 33.3 Å². The van der Waals surface area contributed by atoms with E-state index in [-0.39, 0.29) is 29.4 Å². The van der Waals surface area contributed by atoms with E-state index in [4.69, 9.17) is 43.0 Å². The first-order valence-electron chi connectivity index (χ1n) is 49.8. The van der Waals surface area contributed by atoms with Crippen LogP contribution in [-0.4, -0.2) is 228 Å². The highest BCUT2D eigenvalue weighted by Crippen LogP contribution is 2.43. The second-order valence-corrected chi connectivity index (χ2v) is 37.9. The third-order valence-electron chi connectivity index (χ3n) is 28.3. The highest BCUT2D eigenvalue weighted by Gasteiger charge is 2.36. The van der Waals surface area contributed by atoms with E-state index in [2.05, 4.69) is 232 Å². The summed E-state index contributed by atoms with van der Waals surface area (Å²) in [5.74, 6) is 1.54. The van der Waals surface area contributed by atoms with Gasteiger partial charge in [0.2, 0.25) is 11.8 Å². The molecule has 2 atom stereocenters. The second kappa shape index (κ2) is 43.4. The number of H-pyrrole nitrogens is 4. The molecular weight excluding hydrogens is 1820 g/mol. The van der Waals surface area contributed by atoms with E-state index >= 15 is 0 Å². The van der Waals surface area contributed by atoms with Gasteiger partial charge in [0.25, 0.3) is 0 Å². The van der Waals surface area contributed by atoms with Crippen molar-refractivity contribution in [3.8, 4) is 131 Å². The topological polar surface area (TPSA) is 344 Å². The van der Waals surface area contributed by atoms with Crippen molar-refractivity contribution in [2.75, 3.05) is 189 Å². The van der Waals surface area contributed by atoms with Crippen molar-refractivity contribution < 1.29 is 52.6 Å². The van der Waals surface area contributed by atoms with E-state index in [1.54, 1.807) is 22.2 Å². The molecule has 14 heterocycles. The molecule has 8 fully saturated rings. The molecule has 6 N–H and O–H groups in total. The minimum atomic E-state index is -0.508. The number of aliphatic hydroxyl groups is 1. The highest BCUT2D eigenvalue weighted by atomic mass is 16.5. The van der Waals surface area contributed by atoms with Crippen molar-refractivity contribution in [1.29, 1.82) is 21.0 Å². The number of morpholine rings is 4. The van der Waals surface area contributed by atoms with Gasteiger partial charge in [-0.15, -0.1) is 0 Å². The Morgan fingerprint density at radius 3 is 1.20 bits per heavy atom. The summed E-state index contributed by atoms with van der Waals surface area (Å²) < 4.78 is 45.4. The number of hydrogen-bond acceptors (Lipinski definition) is 22. The van der Waals surface area contributed by atoms with Crippen molar-refractivity contribution in [2.45, 2.75) is 44.8 Å². The summed E-state index contributed by atoms with van der Waals surface area (Å²) in [5, 5.41) is 55.9. The molecule has 28 nitrogen and oxygen atoms in total. The first kappa shape index (κ1) is 95.1. The molecule has 0 saturated carbocycles. The number of amides is 2. The molecule has 8 saturated heterocycles. The molecule has 145 heavy (non-hydrogen) atoms. The molecule has 6 aromatic heterocycles. The van der Waals surface area contributed by atoms with Gasteiger partial charge in [0.1, 0.15) is 71.6 Å². The number of benzene rings is 10. The normalized spacial score (nSPS) is 17.1. The molecule has 730 valence electrons. The fraction of sp³-hybridized carbons (Fsp3) is 0.282. The number of anilines is 5. The minimum Gasteiger partial charge on any atom is -0.491 e. The van der Waals surface area contributed by atoms with Crippen LogP contribution in [0.25, 0.3) is 133 Å². The number of aliphatic hydroxyl groups excluding tert-OH is 1. The van der Waals surface area contributed by atoms with Crippen molar-refractivity contribution >= 4 is 84.1 Å². The fourth-order valence-electron chi connectivity index (χ4n) is 20.3. The maximum atomic E-state index is 12.2. The van der Waals surface area contributed by atoms with Crippen LogP contribution in [0, 0.1) is 50.7 Å². The van der Waals surface area contributed by atoms with E-state index in [0.29, 0.717) is 97.5 Å². The van der Waals surface area contributed by atoms with Gasteiger partial charge in [-0.1, -0.05) is 104 Å². The van der Waals surface area contributed by atoms with Gasteiger partial charge in [-0.2, -0.15) is 21.0 Å². The molecule has 10 aromatic carbocycles. The maximum Gasteiger partial charge on any atom is 0.248 e. The average Bonchev–Trinajstić information content (AvgIpc) is 1.64. The number of pyridine rings is 2. The molecular formula is C117H111N17O11. The Bertz CT molecular complexity index is 7560. The third-order valence-corrected chi connectivity index (χ3v) is 28.3. The largest absolute Gasteiger partial charge is 0.491 e. The zero-order valence-electron chi connectivity index (χ0n) is 80.8. The molecule has 0 bridgehead atoms. The first-order chi connectivity index (χ1) is 71.2. The van der Waals surface area contributed by atoms with Crippen molar-refractivity contribution in [2.24, 2.45) is 5.41 Å². The Morgan fingerprint density at radius 1 is 0.421 bits per heavy atom. The number of ether oxygens (including phenoxy) is 8. The number of aromatic amines is 4. The van der Waals surface area contributed by atoms with Crippen LogP contribution in [0.1, 0.15) is 54.9 Å². The predicted octanol–water partition coefficient (Wildman–Crippen LogP) is 18.9. The molecule has 2 amide bonds. The minimum absolute atomic E-state index is 0.0267. The van der Waals surface area contributed by atoms with Crippen molar-refractivity contribution in [1.82, 2.24) is 40.1 Å². The van der Waals surface area contributed by atoms with Crippen LogP contribution in [0.2, 0.25) is 0 Å². The maximum absolute atomic E-state index is 12.2. The molecule has 24 rings (SSSR count). The molecule has 0 spiro atoms. The smallest absolute Gasteiger partial charge is 0.248 e. The van der Waals surface area contributed by atoms with Gasteiger partial charge in [-0.05, 0) is 232 Å². The third kappa shape index (κ3) is 21.1. The quantitative estimate of drug-likeness (QED) is 0.0389. The van der Waals surface area contributed by atoms with E-state index in [1.807, 2.05) is 97.1 Å². The summed E-state index contributed by atoms with van der Waals surface area (Å²) in [7, 11) is 0. The first-order valence-corrected chi connectivity index (χ1v) is 49.8. The zero-order chi connectivity index (χ0) is 98.7. The lowest BCUT2D eigenvalue weighted by atomic mass is 9.90. The lowest BCUT2D eigenvalue weighted by molar-refractivity contribution is -0.133. The van der Waals surface area contributed by atoms with Crippen LogP contribution in [0.3, 0.4) is 0 Å². The molecule has 0 radical (unpaired) electrons. The Balaban J connectivity index is 0.000000114. The average molecular weight is 1930 g/mol. The number of nitriles is 4. The van der Waals surface area contributed by atoms with Gasteiger partial charge in [0.05, 0.1) is 107 Å². The Hall–Kier alpha value is -16.1. The van der Waals surface area contributed by atoms with Gasteiger partial charge in [0, 0.05) is 181 Å². The summed E-state index contributed by atoms with van der Waals surface area (Å²) >= 11 is 0. The summed E-state index contributed by atoms with van der Waals surface area (Å²) in [5.41, 5.74) is 27.9. The van der Waals surface area contributed by atoms with E-state index in [0.717, 1.165) is 265 Å². The van der Waals surface area contributed by atoms with Crippen LogP contribution >= 0.6 is 0 Å². The van der Waals surface area contributed by atoms with Crippen LogP contribution in [0.15, 0.2) is 255 Å². The number of aromatic nitrogens is 6. The summed E-state index contributed by atoms with van der Waals surface area (Å²) in [6.07, 6.45) is 6.47. The zero-order valence-corrected chi connectivity index (χ0v) is 80.8. The molecule has 8 aliphatic rings. The van der Waals surface area contributed by atoms with Gasteiger partial charge < -0.3 is 97.7 Å². The number of fused-ring (bicyclic) bond motifs is 4. The molecule has 16 aromatic rings. The summed E-state index contributed by atoms with van der Waals surface area (Å²) in [4.78, 5) is 59.8. The fourth-order valence-corrected chi connectivity index (χ4v) is 20.3. The summed E-state index contributed by atoms with van der Waals surface area (Å²) in [6.45, 7) is 20.4. The molecule has 28 heteroatoms. The Kier molecular flexibility index (Phi) is 28.4. The van der Waals surface area contributed by atoms with Gasteiger partial charge in [-0.25, -0.2) is 9.97 Å². The Labute approximate surface area is 840 Å². The number of likely N-dealkylation sites (tertiary alicyclic amines) is 1. The molecule has 8 aliphatic heterocycles. The SMILES string of the molecule is CC1(COc2ccc(-c3cccc4[nH]c(-c5ccc(N6CCOCC6)cc5)cc34)cc2C#N)COC1.N#Cc1cc(-c2cccc3[nH]c(-c4ccc(N5CCOCC5)cc4)cc23)ccc1N1CCCC1=O.N#Cc1cc(-c2ccnc3[nH]c(-c4ccc(N5CCOCC5)cc4)cc23)ccc1O[C@@H]1CCN(C(=O)CO)C1.N#Cc1cc(-c2ccnc3[nH]c(-c4ccc(N5CCOCC5)cc4)cc23)ccc1O[C@@H]1CCNC1. The van der Waals surface area contributed by atoms with Crippen molar-refractivity contribution in [3.05, 3.63) is 277 Å². The molecule has 0 aliphatic carbocycles. The standard InChI is InChI=1S/C30H29N5O4.C30H29N3O3.C29H26N4O2.C28H27N5O2/c31-17-22-15-21(3-6-28(22)39-24-8-10-35(18-24)29(37)19-36)25-7-9-32-30-26(25)16-27(33-30)20-1-4-23(5-2-20)34-11-13-38-14-12-34;1-30(18-35-19-30)20-36-29-10-7-22(15-23(29)17-31)25-3-2-4-27-26(25)16-28(32-27)21-5-8-24(9-6-21)33-11-13-34-14-12-33;30-19-22-17-21(8-11-28(22)33-12-2-5-29(33)34)24-3-1-4-26-25(24)18-27(31-26)20-6-9-23(10-7-20)32-13-15-35-16-14-32;29-17-21-15-20(3-6-27(21)35-23-7-9-30-18-23)24-8-10-31-28-25(24)16-26(32-28)19-1-4-22(5-2-19)33-11-13-34-14-12-33/h1-7,9,15-16,24,36H,8,10-14,18-19H2,(H,32,33);2-10,15-16,32H,11-14,18-20H2,1H3;1,3-4,6-11,17-18,31H,2,5,12-16H2;1-6,8,10,15-16,23,30H,7,9,11-14,18H2,(H,31,32)/t24-;;;23-/m1..1/s1. The highest BCUT2D eigenvalue weighted by molar-refractivity contribution is 6.03. The molecule has 0 unspecified atom stereocenters. The van der Waals surface area contributed by atoms with Crippen LogP contribution in [0.4, 0.5) is 28.4 Å². The van der Waals surface area contributed by atoms with Gasteiger partial charge in [-0.3, -0.25) is 9.59 Å². The van der Waals surface area contributed by atoms with Crippen LogP contribution in [0.5, 0.6) is 17.2 Å². The monoisotopic (exact) mass is 1930 g/mol. The van der Waals surface area contributed by atoms with E-state index in [9.17, 15) is 30.6 Å².